The summed E-state index contributed by atoms with van der Waals surface area (Å²) in [6.07, 6.45) is -0.129. The molecule has 3 rings (SSSR count). The smallest absolute Gasteiger partial charge is 0.338 e. The third-order valence-electron chi connectivity index (χ3n) is 5.21. The van der Waals surface area contributed by atoms with Gasteiger partial charge in [0.2, 0.25) is 0 Å². The third-order valence-corrected chi connectivity index (χ3v) is 5.21. The van der Waals surface area contributed by atoms with Crippen molar-refractivity contribution in [2.75, 3.05) is 59.7 Å². The van der Waals surface area contributed by atoms with Crippen molar-refractivity contribution in [2.45, 2.75) is 26.1 Å². The van der Waals surface area contributed by atoms with Crippen LogP contribution in [0.1, 0.15) is 24.2 Å². The highest BCUT2D eigenvalue weighted by Crippen LogP contribution is 2.28. The first-order chi connectivity index (χ1) is 15.4. The number of amides is 2. The normalized spacial score (nSPS) is 21.1. The number of hydrogen-bond donors (Lipinski definition) is 0. The number of ether oxygens (including phenoxy) is 5. The zero-order valence-electron chi connectivity index (χ0n) is 18.7. The molecule has 0 bridgehead atoms. The second-order valence-electron chi connectivity index (χ2n) is 7.78. The number of carbonyl (C=O) groups is 3. The number of morpholine rings is 2. The molecule has 32 heavy (non-hydrogen) atoms. The van der Waals surface area contributed by atoms with Gasteiger partial charge in [0.1, 0.15) is 0 Å². The Labute approximate surface area is 187 Å². The van der Waals surface area contributed by atoms with Gasteiger partial charge in [0, 0.05) is 26.2 Å². The van der Waals surface area contributed by atoms with Crippen molar-refractivity contribution in [3.63, 3.8) is 0 Å². The van der Waals surface area contributed by atoms with Crippen LogP contribution in [-0.2, 0) is 23.8 Å². The van der Waals surface area contributed by atoms with Gasteiger partial charge in [-0.05, 0) is 32.0 Å². The first kappa shape index (κ1) is 23.8. The molecular weight excluding hydrogens is 420 g/mol. The summed E-state index contributed by atoms with van der Waals surface area (Å²) in [5, 5.41) is 0. The Morgan fingerprint density at radius 3 is 2.28 bits per heavy atom. The number of nitrogens with zero attached hydrogens (tertiary/aromatic N) is 2. The molecule has 2 amide bonds. The zero-order valence-corrected chi connectivity index (χ0v) is 18.7. The van der Waals surface area contributed by atoms with Crippen LogP contribution in [0.2, 0.25) is 0 Å². The second-order valence-corrected chi connectivity index (χ2v) is 7.78. The third kappa shape index (κ3) is 6.33. The molecule has 0 unspecified atom stereocenters. The standard InChI is InChI=1S/C22H30N2O8/c1-15-11-24(12-16(2)32-15)21(26)14-31-22(27)17-4-5-18(19(10-17)28-3)30-13-20(25)23-6-8-29-9-7-23/h4-5,10,15-16H,6-9,11-14H2,1-3H3/t15-,16-/m0/s1. The fraction of sp³-hybridized carbons (Fsp3) is 0.591. The first-order valence-electron chi connectivity index (χ1n) is 10.6. The zero-order chi connectivity index (χ0) is 23.1. The Hall–Kier alpha value is -2.85. The number of carbonyl (C=O) groups excluding carboxylic acids is 3. The molecule has 1 aromatic carbocycles. The van der Waals surface area contributed by atoms with Crippen molar-refractivity contribution in [2.24, 2.45) is 0 Å². The highest BCUT2D eigenvalue weighted by atomic mass is 16.5. The minimum Gasteiger partial charge on any atom is -0.493 e. The van der Waals surface area contributed by atoms with Gasteiger partial charge in [-0.25, -0.2) is 4.79 Å². The second kappa shape index (κ2) is 11.1. The molecule has 176 valence electrons. The molecule has 0 saturated carbocycles. The average Bonchev–Trinajstić information content (AvgIpc) is 2.80. The van der Waals surface area contributed by atoms with Crippen LogP contribution in [0.4, 0.5) is 0 Å². The van der Waals surface area contributed by atoms with Crippen LogP contribution in [-0.4, -0.2) is 99.5 Å². The Kier molecular flexibility index (Phi) is 8.29. The molecule has 0 spiro atoms. The van der Waals surface area contributed by atoms with Gasteiger partial charge in [-0.15, -0.1) is 0 Å². The molecule has 10 heteroatoms. The number of benzene rings is 1. The SMILES string of the molecule is COc1cc(C(=O)OCC(=O)N2C[C@H](C)O[C@@H](C)C2)ccc1OCC(=O)N1CCOCC1. The summed E-state index contributed by atoms with van der Waals surface area (Å²) in [6, 6.07) is 4.50. The first-order valence-corrected chi connectivity index (χ1v) is 10.6. The molecule has 0 aliphatic carbocycles. The van der Waals surface area contributed by atoms with E-state index >= 15 is 0 Å². The molecule has 0 N–H and O–H groups in total. The van der Waals surface area contributed by atoms with Crippen LogP contribution >= 0.6 is 0 Å². The van der Waals surface area contributed by atoms with E-state index in [1.54, 1.807) is 9.80 Å². The molecule has 0 aromatic heterocycles. The lowest BCUT2D eigenvalue weighted by Crippen LogP contribution is -2.49. The van der Waals surface area contributed by atoms with E-state index in [0.29, 0.717) is 45.1 Å². The Bertz CT molecular complexity index is 814. The maximum atomic E-state index is 12.4. The highest BCUT2D eigenvalue weighted by Gasteiger charge is 2.26. The van der Waals surface area contributed by atoms with E-state index in [1.807, 2.05) is 13.8 Å². The Morgan fingerprint density at radius 1 is 0.969 bits per heavy atom. The predicted molar refractivity (Wildman–Crippen MR) is 113 cm³/mol. The van der Waals surface area contributed by atoms with Gasteiger partial charge in [-0.1, -0.05) is 0 Å². The molecule has 2 aliphatic rings. The van der Waals surface area contributed by atoms with E-state index in [9.17, 15) is 14.4 Å². The molecule has 2 atom stereocenters. The predicted octanol–water partition coefficient (Wildman–Crippen LogP) is 0.725. The Morgan fingerprint density at radius 2 is 1.62 bits per heavy atom. The minimum atomic E-state index is -0.651. The molecular formula is C22H30N2O8. The summed E-state index contributed by atoms with van der Waals surface area (Å²) in [5.74, 6) is -0.450. The lowest BCUT2D eigenvalue weighted by molar-refractivity contribution is -0.146. The highest BCUT2D eigenvalue weighted by molar-refractivity contribution is 5.92. The van der Waals surface area contributed by atoms with Crippen molar-refractivity contribution in [3.8, 4) is 11.5 Å². The van der Waals surface area contributed by atoms with Gasteiger partial charge < -0.3 is 33.5 Å². The maximum Gasteiger partial charge on any atom is 0.338 e. The van der Waals surface area contributed by atoms with Crippen molar-refractivity contribution in [1.82, 2.24) is 9.80 Å². The van der Waals surface area contributed by atoms with Crippen molar-refractivity contribution in [1.29, 1.82) is 0 Å². The van der Waals surface area contributed by atoms with Gasteiger partial charge >= 0.3 is 5.97 Å². The molecule has 10 nitrogen and oxygen atoms in total. The summed E-state index contributed by atoms with van der Waals surface area (Å²) in [5.41, 5.74) is 0.213. The van der Waals surface area contributed by atoms with Gasteiger partial charge in [0.25, 0.3) is 11.8 Å². The fourth-order valence-electron chi connectivity index (χ4n) is 3.64. The number of hydrogen-bond acceptors (Lipinski definition) is 8. The van der Waals surface area contributed by atoms with Gasteiger partial charge in [0.05, 0.1) is 38.1 Å². The van der Waals surface area contributed by atoms with Gasteiger partial charge in [0.15, 0.2) is 24.7 Å². The summed E-state index contributed by atoms with van der Waals surface area (Å²) >= 11 is 0. The number of methoxy groups -OCH3 is 1. The van der Waals surface area contributed by atoms with E-state index in [4.69, 9.17) is 23.7 Å². The van der Waals surface area contributed by atoms with Crippen LogP contribution in [0.3, 0.4) is 0 Å². The lowest BCUT2D eigenvalue weighted by Gasteiger charge is -2.35. The molecule has 1 aromatic rings. The fourth-order valence-corrected chi connectivity index (χ4v) is 3.64. The van der Waals surface area contributed by atoms with Crippen molar-refractivity contribution >= 4 is 17.8 Å². The summed E-state index contributed by atoms with van der Waals surface area (Å²) in [4.78, 5) is 40.4. The largest absolute Gasteiger partial charge is 0.493 e. The van der Waals surface area contributed by atoms with Gasteiger partial charge in [-0.3, -0.25) is 9.59 Å². The number of rotatable bonds is 7. The van der Waals surface area contributed by atoms with Crippen LogP contribution in [0, 0.1) is 0 Å². The van der Waals surface area contributed by atoms with Crippen molar-refractivity contribution in [3.05, 3.63) is 23.8 Å². The van der Waals surface area contributed by atoms with E-state index in [-0.39, 0.29) is 48.5 Å². The van der Waals surface area contributed by atoms with E-state index in [1.165, 1.54) is 25.3 Å². The molecule has 2 aliphatic heterocycles. The topological polar surface area (TPSA) is 104 Å². The molecule has 2 heterocycles. The minimum absolute atomic E-state index is 0.0645. The summed E-state index contributed by atoms with van der Waals surface area (Å²) in [6.45, 7) is 6.30. The van der Waals surface area contributed by atoms with Crippen LogP contribution in [0.25, 0.3) is 0 Å². The van der Waals surface area contributed by atoms with Crippen LogP contribution < -0.4 is 9.47 Å². The van der Waals surface area contributed by atoms with E-state index < -0.39 is 5.97 Å². The van der Waals surface area contributed by atoms with E-state index in [2.05, 4.69) is 0 Å². The monoisotopic (exact) mass is 450 g/mol. The number of esters is 1. The lowest BCUT2D eigenvalue weighted by atomic mass is 10.2. The Balaban J connectivity index is 1.53. The quantitative estimate of drug-likeness (QED) is 0.560. The van der Waals surface area contributed by atoms with Crippen molar-refractivity contribution < 1.29 is 38.1 Å². The molecule has 2 saturated heterocycles. The molecule has 2 fully saturated rings. The van der Waals surface area contributed by atoms with Gasteiger partial charge in [-0.2, -0.15) is 0 Å². The van der Waals surface area contributed by atoms with Crippen LogP contribution in [0.5, 0.6) is 11.5 Å². The summed E-state index contributed by atoms with van der Waals surface area (Å²) in [7, 11) is 1.44. The van der Waals surface area contributed by atoms with Crippen LogP contribution in [0.15, 0.2) is 18.2 Å². The summed E-state index contributed by atoms with van der Waals surface area (Å²) < 4.78 is 26.9. The van der Waals surface area contributed by atoms with E-state index in [0.717, 1.165) is 0 Å². The average molecular weight is 450 g/mol. The molecule has 0 radical (unpaired) electrons. The maximum absolute atomic E-state index is 12.4.